The van der Waals surface area contributed by atoms with Crippen molar-refractivity contribution in [1.29, 1.82) is 0 Å². The van der Waals surface area contributed by atoms with Gasteiger partial charge in [0.05, 0.1) is 28.5 Å². The van der Waals surface area contributed by atoms with Gasteiger partial charge in [-0.1, -0.05) is 99.9 Å². The summed E-state index contributed by atoms with van der Waals surface area (Å²) >= 11 is 0. The first-order valence-electron chi connectivity index (χ1n) is 43.4. The number of anilines is 4. The highest BCUT2D eigenvalue weighted by atomic mass is 16.4. The van der Waals surface area contributed by atoms with Gasteiger partial charge in [0.15, 0.2) is 0 Å². The third-order valence-electron chi connectivity index (χ3n) is 24.6. The number of rotatable bonds is 29. The first kappa shape index (κ1) is 90.1. The quantitative estimate of drug-likeness (QED) is 0.0118. The van der Waals surface area contributed by atoms with Crippen molar-refractivity contribution < 1.29 is 39.6 Å². The molecule has 0 spiro atoms. The molecule has 6 atom stereocenters. The zero-order valence-electron chi connectivity index (χ0n) is 71.4. The van der Waals surface area contributed by atoms with Gasteiger partial charge in [0.2, 0.25) is 0 Å². The molecule has 4 saturated heterocycles. The van der Waals surface area contributed by atoms with Crippen molar-refractivity contribution in [2.45, 2.75) is 118 Å². The van der Waals surface area contributed by atoms with Gasteiger partial charge in [0.1, 0.15) is 22.3 Å². The van der Waals surface area contributed by atoms with Crippen LogP contribution in [0.4, 0.5) is 22.7 Å². The summed E-state index contributed by atoms with van der Waals surface area (Å²) in [6, 6.07) is 52.5. The number of carboxylic acids is 4. The Labute approximate surface area is 730 Å². The number of nitrogens with one attached hydrogen (secondary N) is 7. The second-order valence-corrected chi connectivity index (χ2v) is 32.7. The topological polar surface area (TPSA) is 417 Å². The molecule has 0 radical (unpaired) electrons. The standard InChI is InChI=1S/3C25H28N4O3.C22H25N5O3/c1-2-19-13-22(25(31)32)24(30)28-23(19)20-3-5-21(6-4-20)29-12-9-18(16-29)15-27-14-17-7-10-26-11-8-17;1-2-19-12-22(25(31)32)24(30)28-23(19)20-5-7-21(8-6-20)29-11-9-18(16-29)15-27-14-17-4-3-10-26-13-17;1-2-18-13-22(25(31)32)24(30)28-23(18)19-6-8-21(9-7-19)29-12-10-17(16-29)14-26-15-20-5-3-4-11-27-20;1-2-13-10-17(22(29)30)21(28)24-20(13)14-6-8-16(9-7-14)27-11-15-4-3-5-19(25-26-23)18(15)12-27/h3-8,10-11,13,18,27H,2,9,12,14-16H2,1H3,(H,28,30)(H,31,32);3-8,10,12-13,18,27H,2,9,11,14-16H2,1H3,(H,28,30)(H,31,32);3-9,11,13,17,26H,2,10,12,14-16H2,1H3,(H,28,30)(H,31,32);6-10,15,18-19H,2-5,11-12H2,1H3,(H,24,28)(H,29,30)/t;;;15-,18+,19+/m...1/s1. The molecule has 3 unspecified atom stereocenters. The predicted octanol–water partition coefficient (Wildman–Crippen LogP) is 14.2. The van der Waals surface area contributed by atoms with Crippen LogP contribution in [0.2, 0.25) is 0 Å². The number of carbonyl (C=O) groups is 4. The molecule has 5 aliphatic rings. The number of hydrogen-bond donors (Lipinski definition) is 11. The summed E-state index contributed by atoms with van der Waals surface area (Å²) in [4.78, 5) is 130. The van der Waals surface area contributed by atoms with Gasteiger partial charge in [-0.2, -0.15) is 0 Å². The van der Waals surface area contributed by atoms with Crippen LogP contribution in [0.15, 0.2) is 219 Å². The highest BCUT2D eigenvalue weighted by Crippen LogP contribution is 2.41. The first-order chi connectivity index (χ1) is 61.1. The number of aryl methyl sites for hydroxylation is 4. The summed E-state index contributed by atoms with van der Waals surface area (Å²) in [6.07, 6.45) is 18.3. The zero-order chi connectivity index (χ0) is 88.8. The summed E-state index contributed by atoms with van der Waals surface area (Å²) in [5.74, 6) is -2.10. The SMILES string of the molecule is CCc1cc(C(=O)O)c(=O)[nH]c1-c1ccc(N2CCC(CNCc3ccccn3)C2)cc1.CCc1cc(C(=O)O)c(=O)[nH]c1-c1ccc(N2CCC(CNCc3cccnc3)C2)cc1.CCc1cc(C(=O)O)c(=O)[nH]c1-c1ccc(N2CCC(CNCc3ccncc3)C2)cc1.CCc1cc(C(=O)O)c(=O)[nH]c1-c1ccc(N2C[C@H]3CCC[C@H](N=[N+]=[N-])[C@H]3C2)cc1. The fraction of sp³-hybridized carbons (Fsp3) is 0.351. The Bertz CT molecular complexity index is 5440. The number of aromatic amines is 4. The van der Waals surface area contributed by atoms with E-state index in [9.17, 15) is 58.8 Å². The molecular formula is C97H109N17O12. The van der Waals surface area contributed by atoms with E-state index in [1.807, 2.05) is 150 Å². The number of azide groups is 1. The third kappa shape index (κ3) is 22.9. The zero-order valence-corrected chi connectivity index (χ0v) is 71.4. The number of benzene rings is 4. The molecule has 29 heteroatoms. The Kier molecular flexibility index (Phi) is 30.9. The molecule has 4 aliphatic heterocycles. The Hall–Kier alpha value is -13.6. The average molecular weight is 1710 g/mol. The fourth-order valence-corrected chi connectivity index (χ4v) is 17.7. The Morgan fingerprint density at radius 2 is 0.802 bits per heavy atom. The highest BCUT2D eigenvalue weighted by molar-refractivity contribution is 5.90. The molecule has 16 rings (SSSR count). The lowest BCUT2D eigenvalue weighted by Gasteiger charge is -2.29. The molecule has 11 N–H and O–H groups in total. The maximum Gasteiger partial charge on any atom is 0.341 e. The molecule has 0 amide bonds. The molecule has 4 aromatic carbocycles. The van der Waals surface area contributed by atoms with Gasteiger partial charge >= 0.3 is 23.9 Å². The summed E-state index contributed by atoms with van der Waals surface area (Å²) in [5, 5.41) is 51.4. The number of H-pyrrole nitrogens is 4. The average Bonchev–Trinajstić information content (AvgIpc) is 1.57. The summed E-state index contributed by atoms with van der Waals surface area (Å²) < 4.78 is 0. The van der Waals surface area contributed by atoms with Crippen LogP contribution in [0.1, 0.15) is 147 Å². The molecule has 1 aliphatic carbocycles. The Balaban J connectivity index is 0.000000144. The second-order valence-electron chi connectivity index (χ2n) is 32.7. The van der Waals surface area contributed by atoms with E-state index >= 15 is 0 Å². The number of pyridine rings is 7. The maximum absolute atomic E-state index is 12.2. The van der Waals surface area contributed by atoms with Crippen molar-refractivity contribution in [3.8, 4) is 45.0 Å². The number of nitrogens with zero attached hydrogens (tertiary/aromatic N) is 10. The van der Waals surface area contributed by atoms with Crippen molar-refractivity contribution in [3.63, 3.8) is 0 Å². The largest absolute Gasteiger partial charge is 0.477 e. The van der Waals surface area contributed by atoms with E-state index in [2.05, 4.69) is 123 Å². The van der Waals surface area contributed by atoms with Crippen molar-refractivity contribution >= 4 is 46.6 Å². The molecule has 654 valence electrons. The van der Waals surface area contributed by atoms with Crippen LogP contribution in [-0.2, 0) is 45.3 Å². The minimum absolute atomic E-state index is 0.0861. The minimum atomic E-state index is -1.22. The van der Waals surface area contributed by atoms with Crippen molar-refractivity contribution in [1.82, 2.24) is 50.8 Å². The molecule has 11 heterocycles. The molecule has 5 fully saturated rings. The highest BCUT2D eigenvalue weighted by Gasteiger charge is 2.40. The lowest BCUT2D eigenvalue weighted by molar-refractivity contribution is 0.0684. The van der Waals surface area contributed by atoms with Gasteiger partial charge in [-0.3, -0.25) is 34.1 Å². The van der Waals surface area contributed by atoms with Crippen LogP contribution in [0.5, 0.6) is 0 Å². The molecule has 11 aromatic rings. The van der Waals surface area contributed by atoms with Crippen LogP contribution in [0, 0.1) is 29.6 Å². The molecular weight excluding hydrogens is 1600 g/mol. The lowest BCUT2D eigenvalue weighted by Crippen LogP contribution is -2.30. The van der Waals surface area contributed by atoms with Gasteiger partial charge < -0.3 is 75.9 Å². The van der Waals surface area contributed by atoms with Crippen LogP contribution < -0.4 is 57.8 Å². The minimum Gasteiger partial charge on any atom is -0.477 e. The van der Waals surface area contributed by atoms with E-state index in [0.29, 0.717) is 78.0 Å². The van der Waals surface area contributed by atoms with E-state index in [4.69, 9.17) is 5.53 Å². The molecule has 7 aromatic heterocycles. The van der Waals surface area contributed by atoms with Gasteiger partial charge in [-0.05, 0) is 252 Å². The number of hydrogen-bond acceptors (Lipinski definition) is 19. The van der Waals surface area contributed by atoms with Crippen molar-refractivity contribution in [2.24, 2.45) is 34.7 Å². The van der Waals surface area contributed by atoms with Crippen molar-refractivity contribution in [2.75, 3.05) is 91.6 Å². The number of aromatic nitrogens is 7. The predicted molar refractivity (Wildman–Crippen MR) is 490 cm³/mol. The smallest absolute Gasteiger partial charge is 0.341 e. The summed E-state index contributed by atoms with van der Waals surface area (Å²) in [5.41, 5.74) is 23.2. The fourth-order valence-electron chi connectivity index (χ4n) is 17.7. The van der Waals surface area contributed by atoms with Crippen LogP contribution in [0.25, 0.3) is 55.5 Å². The Morgan fingerprint density at radius 1 is 0.421 bits per heavy atom. The summed E-state index contributed by atoms with van der Waals surface area (Å²) in [6.45, 7) is 21.1. The molecule has 29 nitrogen and oxygen atoms in total. The monoisotopic (exact) mass is 1700 g/mol. The Morgan fingerprint density at radius 3 is 1.15 bits per heavy atom. The van der Waals surface area contributed by atoms with E-state index in [1.165, 1.54) is 41.8 Å². The van der Waals surface area contributed by atoms with E-state index < -0.39 is 46.1 Å². The number of fused-ring (bicyclic) bond motifs is 1. The van der Waals surface area contributed by atoms with Gasteiger partial charge in [-0.25, -0.2) is 19.2 Å². The maximum atomic E-state index is 12.2. The number of carboxylic acid groups (broad SMARTS) is 4. The van der Waals surface area contributed by atoms with E-state index in [1.54, 1.807) is 6.20 Å². The van der Waals surface area contributed by atoms with E-state index in [0.717, 1.165) is 197 Å². The van der Waals surface area contributed by atoms with Gasteiger partial charge in [-0.15, -0.1) is 0 Å². The molecule has 126 heavy (non-hydrogen) atoms. The molecule has 0 bridgehead atoms. The van der Waals surface area contributed by atoms with E-state index in [-0.39, 0.29) is 28.3 Å². The van der Waals surface area contributed by atoms with Gasteiger partial charge in [0.25, 0.3) is 22.2 Å². The summed E-state index contributed by atoms with van der Waals surface area (Å²) in [7, 11) is 0. The normalized spacial score (nSPS) is 17.5. The van der Waals surface area contributed by atoms with Crippen LogP contribution in [-0.4, -0.2) is 157 Å². The lowest BCUT2D eigenvalue weighted by atomic mass is 9.78. The second kappa shape index (κ2) is 43.1. The third-order valence-corrected chi connectivity index (χ3v) is 24.6. The van der Waals surface area contributed by atoms with Crippen LogP contribution >= 0.6 is 0 Å². The first-order valence-corrected chi connectivity index (χ1v) is 43.4. The molecule has 1 saturated carbocycles. The van der Waals surface area contributed by atoms with Crippen LogP contribution in [0.3, 0.4) is 0 Å². The number of aromatic carboxylic acids is 4. The van der Waals surface area contributed by atoms with Gasteiger partial charge in [0, 0.05) is 156 Å². The van der Waals surface area contributed by atoms with Crippen molar-refractivity contribution in [3.05, 3.63) is 308 Å².